The molecule has 1 amide bonds. The van der Waals surface area contributed by atoms with Crippen LogP contribution in [-0.2, 0) is 4.79 Å². The summed E-state index contributed by atoms with van der Waals surface area (Å²) in [5.41, 5.74) is 0. The number of carbonyl (C=O) groups excluding carboxylic acids is 1. The first-order valence-corrected chi connectivity index (χ1v) is 8.02. The minimum atomic E-state index is 0.0501. The minimum Gasteiger partial charge on any atom is -0.350 e. The number of nitrogens with one attached hydrogen (secondary N) is 2. The maximum atomic E-state index is 12.4. The van der Waals surface area contributed by atoms with Crippen molar-refractivity contribution in [3.8, 4) is 0 Å². The fourth-order valence-electron chi connectivity index (χ4n) is 3.98. The monoisotopic (exact) mass is 265 g/mol. The topological polar surface area (TPSA) is 44.4 Å². The lowest BCUT2D eigenvalue weighted by molar-refractivity contribution is -0.126. The van der Waals surface area contributed by atoms with Gasteiger partial charge in [0.1, 0.15) is 0 Å². The molecule has 4 nitrogen and oxygen atoms in total. The summed E-state index contributed by atoms with van der Waals surface area (Å²) in [4.78, 5) is 14.9. The standard InChI is InChI=1S/C15H27N3O/c1-2-11-3-6-16-13(9-11)15(19)17-14-10-18-7-4-12(14)5-8-18/h11-14,16H,2-10H2,1H3,(H,17,19). The minimum absolute atomic E-state index is 0.0501. The van der Waals surface area contributed by atoms with Crippen molar-refractivity contribution in [1.29, 1.82) is 0 Å². The van der Waals surface area contributed by atoms with E-state index in [1.54, 1.807) is 0 Å². The van der Waals surface area contributed by atoms with Gasteiger partial charge in [0, 0.05) is 12.6 Å². The van der Waals surface area contributed by atoms with Gasteiger partial charge in [0.25, 0.3) is 0 Å². The summed E-state index contributed by atoms with van der Waals surface area (Å²) in [6.07, 6.45) is 5.97. The number of piperidine rings is 4. The van der Waals surface area contributed by atoms with Crippen LogP contribution in [0.25, 0.3) is 0 Å². The van der Waals surface area contributed by atoms with Crippen molar-refractivity contribution in [2.45, 2.75) is 51.1 Å². The zero-order chi connectivity index (χ0) is 13.2. The number of amides is 1. The van der Waals surface area contributed by atoms with Gasteiger partial charge in [-0.1, -0.05) is 13.3 Å². The smallest absolute Gasteiger partial charge is 0.237 e. The molecule has 3 unspecified atom stereocenters. The molecular formula is C15H27N3O. The highest BCUT2D eigenvalue weighted by atomic mass is 16.2. The van der Waals surface area contributed by atoms with Crippen LogP contribution in [0, 0.1) is 11.8 Å². The first kappa shape index (κ1) is 13.4. The second-order valence-electron chi connectivity index (χ2n) is 6.56. The Morgan fingerprint density at radius 3 is 2.74 bits per heavy atom. The number of hydrogen-bond acceptors (Lipinski definition) is 3. The molecular weight excluding hydrogens is 238 g/mol. The highest BCUT2D eigenvalue weighted by Gasteiger charge is 2.36. The quantitative estimate of drug-likeness (QED) is 0.799. The van der Waals surface area contributed by atoms with Crippen molar-refractivity contribution in [2.75, 3.05) is 26.2 Å². The zero-order valence-corrected chi connectivity index (χ0v) is 12.0. The van der Waals surface area contributed by atoms with Gasteiger partial charge in [-0.3, -0.25) is 4.79 Å². The second-order valence-corrected chi connectivity index (χ2v) is 6.56. The molecule has 4 heterocycles. The normalized spacial score (nSPS) is 42.1. The van der Waals surface area contributed by atoms with E-state index in [9.17, 15) is 4.79 Å². The van der Waals surface area contributed by atoms with Crippen LogP contribution in [0.5, 0.6) is 0 Å². The summed E-state index contributed by atoms with van der Waals surface area (Å²) < 4.78 is 0. The van der Waals surface area contributed by atoms with Crippen LogP contribution in [-0.4, -0.2) is 49.1 Å². The van der Waals surface area contributed by atoms with Gasteiger partial charge >= 0.3 is 0 Å². The molecule has 0 aliphatic carbocycles. The Morgan fingerprint density at radius 2 is 2.11 bits per heavy atom. The molecule has 0 saturated carbocycles. The Morgan fingerprint density at radius 1 is 1.32 bits per heavy atom. The largest absolute Gasteiger partial charge is 0.350 e. The van der Waals surface area contributed by atoms with Crippen LogP contribution < -0.4 is 10.6 Å². The molecule has 2 bridgehead atoms. The Hall–Kier alpha value is -0.610. The molecule has 4 saturated heterocycles. The van der Waals surface area contributed by atoms with Crippen molar-refractivity contribution >= 4 is 5.91 Å². The highest BCUT2D eigenvalue weighted by Crippen LogP contribution is 2.28. The van der Waals surface area contributed by atoms with E-state index < -0.39 is 0 Å². The van der Waals surface area contributed by atoms with E-state index in [4.69, 9.17) is 0 Å². The van der Waals surface area contributed by atoms with Crippen molar-refractivity contribution in [3.05, 3.63) is 0 Å². The molecule has 4 heteroatoms. The van der Waals surface area contributed by atoms with E-state index in [-0.39, 0.29) is 11.9 Å². The average Bonchev–Trinajstić information content (AvgIpc) is 2.48. The molecule has 0 aromatic rings. The molecule has 2 N–H and O–H groups in total. The Bertz CT molecular complexity index is 325. The molecule has 4 fully saturated rings. The summed E-state index contributed by atoms with van der Waals surface area (Å²) in [5, 5.41) is 6.71. The predicted molar refractivity (Wildman–Crippen MR) is 75.9 cm³/mol. The number of fused-ring (bicyclic) bond motifs is 3. The summed E-state index contributed by atoms with van der Waals surface area (Å²) in [5.74, 6) is 1.69. The van der Waals surface area contributed by atoms with Crippen molar-refractivity contribution in [2.24, 2.45) is 11.8 Å². The van der Waals surface area contributed by atoms with Crippen LogP contribution in [0.4, 0.5) is 0 Å². The molecule has 0 aromatic heterocycles. The van der Waals surface area contributed by atoms with E-state index >= 15 is 0 Å². The first-order valence-electron chi connectivity index (χ1n) is 8.02. The highest BCUT2D eigenvalue weighted by molar-refractivity contribution is 5.82. The summed E-state index contributed by atoms with van der Waals surface area (Å²) in [7, 11) is 0. The zero-order valence-electron chi connectivity index (χ0n) is 12.0. The van der Waals surface area contributed by atoms with Gasteiger partial charge in [0.15, 0.2) is 0 Å². The molecule has 0 spiro atoms. The predicted octanol–water partition coefficient (Wildman–Crippen LogP) is 0.975. The molecule has 4 aliphatic rings. The van der Waals surface area contributed by atoms with Gasteiger partial charge in [-0.25, -0.2) is 0 Å². The van der Waals surface area contributed by atoms with Gasteiger partial charge < -0.3 is 15.5 Å². The van der Waals surface area contributed by atoms with Crippen LogP contribution in [0.15, 0.2) is 0 Å². The third-order valence-electron chi connectivity index (χ3n) is 5.39. The number of nitrogens with zero attached hydrogens (tertiary/aromatic N) is 1. The molecule has 19 heavy (non-hydrogen) atoms. The Balaban J connectivity index is 1.53. The van der Waals surface area contributed by atoms with Gasteiger partial charge in [-0.2, -0.15) is 0 Å². The van der Waals surface area contributed by atoms with Crippen molar-refractivity contribution < 1.29 is 4.79 Å². The maximum absolute atomic E-state index is 12.4. The summed E-state index contributed by atoms with van der Waals surface area (Å²) in [6, 6.07) is 0.452. The molecule has 0 aromatic carbocycles. The van der Waals surface area contributed by atoms with Gasteiger partial charge in [-0.05, 0) is 57.2 Å². The lowest BCUT2D eigenvalue weighted by Crippen LogP contribution is -2.60. The van der Waals surface area contributed by atoms with Crippen molar-refractivity contribution in [1.82, 2.24) is 15.5 Å². The summed E-state index contributed by atoms with van der Waals surface area (Å²) in [6.45, 7) is 6.77. The van der Waals surface area contributed by atoms with Gasteiger partial charge in [-0.15, -0.1) is 0 Å². The van der Waals surface area contributed by atoms with Crippen LogP contribution in [0.2, 0.25) is 0 Å². The van der Waals surface area contributed by atoms with Crippen LogP contribution >= 0.6 is 0 Å². The van der Waals surface area contributed by atoms with Gasteiger partial charge in [0.2, 0.25) is 5.91 Å². The maximum Gasteiger partial charge on any atom is 0.237 e. The van der Waals surface area contributed by atoms with E-state index in [1.165, 1.54) is 38.8 Å². The number of carbonyl (C=O) groups is 1. The Kier molecular flexibility index (Phi) is 4.08. The summed E-state index contributed by atoms with van der Waals surface area (Å²) >= 11 is 0. The Labute approximate surface area is 116 Å². The fraction of sp³-hybridized carbons (Fsp3) is 0.933. The SMILES string of the molecule is CCC1CCNC(C(=O)NC2CN3CCC2CC3)C1. The third kappa shape index (κ3) is 2.95. The molecule has 0 radical (unpaired) electrons. The molecule has 4 aliphatic heterocycles. The molecule has 3 atom stereocenters. The lowest BCUT2D eigenvalue weighted by Gasteiger charge is -2.45. The number of hydrogen-bond donors (Lipinski definition) is 2. The van der Waals surface area contributed by atoms with Crippen LogP contribution in [0.3, 0.4) is 0 Å². The fourth-order valence-corrected chi connectivity index (χ4v) is 3.98. The average molecular weight is 265 g/mol. The van der Waals surface area contributed by atoms with Crippen molar-refractivity contribution in [3.63, 3.8) is 0 Å². The lowest BCUT2D eigenvalue weighted by atomic mass is 9.83. The molecule has 108 valence electrons. The van der Waals surface area contributed by atoms with E-state index in [0.717, 1.165) is 31.3 Å². The number of rotatable bonds is 3. The van der Waals surface area contributed by atoms with Gasteiger partial charge in [0.05, 0.1) is 6.04 Å². The second kappa shape index (κ2) is 5.80. The molecule has 4 rings (SSSR count). The van der Waals surface area contributed by atoms with Crippen LogP contribution in [0.1, 0.15) is 39.0 Å². The van der Waals surface area contributed by atoms with E-state index in [0.29, 0.717) is 6.04 Å². The third-order valence-corrected chi connectivity index (χ3v) is 5.39. The van der Waals surface area contributed by atoms with E-state index in [1.807, 2.05) is 0 Å². The first-order chi connectivity index (χ1) is 9.26. The van der Waals surface area contributed by atoms with E-state index in [2.05, 4.69) is 22.5 Å².